The van der Waals surface area contributed by atoms with Crippen molar-refractivity contribution in [2.45, 2.75) is 12.6 Å². The zero-order valence-corrected chi connectivity index (χ0v) is 16.8. The van der Waals surface area contributed by atoms with Gasteiger partial charge in [-0.25, -0.2) is 4.79 Å². The van der Waals surface area contributed by atoms with Gasteiger partial charge in [0.15, 0.2) is 0 Å². The first-order valence-corrected chi connectivity index (χ1v) is 9.57. The maximum Gasteiger partial charge on any atom is 0.320 e. The molecule has 1 aliphatic heterocycles. The Morgan fingerprint density at radius 3 is 2.62 bits per heavy atom. The predicted octanol–water partition coefficient (Wildman–Crippen LogP) is 2.55. The van der Waals surface area contributed by atoms with Crippen molar-refractivity contribution in [1.29, 1.82) is 0 Å². The summed E-state index contributed by atoms with van der Waals surface area (Å²) in [7, 11) is 1.62. The van der Waals surface area contributed by atoms with Crippen LogP contribution in [0.15, 0.2) is 53.6 Å². The molecular formula is C20H24ClN5O3. The number of hydrazone groups is 1. The van der Waals surface area contributed by atoms with E-state index < -0.39 is 0 Å². The number of ether oxygens (including phenoxy) is 1. The largest absolute Gasteiger partial charge is 0.497 e. The molecule has 0 aliphatic carbocycles. The number of aliphatic hydroxyl groups excluding tert-OH is 1. The third-order valence-electron chi connectivity index (χ3n) is 4.44. The van der Waals surface area contributed by atoms with Crippen LogP contribution in [-0.4, -0.2) is 60.5 Å². The molecule has 2 aromatic rings. The number of carbonyl (C=O) groups is 1. The molecule has 8 nitrogen and oxygen atoms in total. The third kappa shape index (κ3) is 6.00. The topological polar surface area (TPSA) is 89.4 Å². The number of carbonyl (C=O) groups excluding carboxylic acids is 1. The van der Waals surface area contributed by atoms with Crippen molar-refractivity contribution >= 4 is 29.7 Å². The fourth-order valence-corrected chi connectivity index (χ4v) is 3.04. The summed E-state index contributed by atoms with van der Waals surface area (Å²) in [6.07, 6.45) is 1.91. The van der Waals surface area contributed by atoms with E-state index in [-0.39, 0.29) is 18.8 Å². The average Bonchev–Trinajstić information content (AvgIpc) is 3.19. The SMILES string of the molecule is COc1ccc(CC(NC(=O)Nc2ccc(Cl)cc2)N2C=NN(CCO)C2)cc1. The molecular weight excluding hydrogens is 394 g/mol. The van der Waals surface area contributed by atoms with Gasteiger partial charge in [0, 0.05) is 17.1 Å². The number of hydrogen-bond acceptors (Lipinski definition) is 6. The first kappa shape index (κ1) is 20.8. The molecule has 0 spiro atoms. The highest BCUT2D eigenvalue weighted by molar-refractivity contribution is 6.30. The fourth-order valence-electron chi connectivity index (χ4n) is 2.91. The standard InChI is InChI=1S/C20H24ClN5O3/c1-29-18-8-2-15(3-9-18)12-19(25-13-22-26(14-25)10-11-27)24-20(28)23-17-6-4-16(21)5-7-17/h2-9,13,19,27H,10-12,14H2,1H3,(H2,23,24,28). The number of benzene rings is 2. The predicted molar refractivity (Wildman–Crippen MR) is 113 cm³/mol. The van der Waals surface area contributed by atoms with Gasteiger partial charge in [0.1, 0.15) is 24.9 Å². The molecule has 0 saturated carbocycles. The molecule has 154 valence electrons. The molecule has 1 unspecified atom stereocenters. The maximum atomic E-state index is 12.6. The van der Waals surface area contributed by atoms with Crippen molar-refractivity contribution in [2.75, 3.05) is 32.2 Å². The number of aliphatic hydroxyl groups is 1. The summed E-state index contributed by atoms with van der Waals surface area (Å²) < 4.78 is 5.20. The summed E-state index contributed by atoms with van der Waals surface area (Å²) in [5.41, 5.74) is 1.68. The molecule has 2 aromatic carbocycles. The Kier molecular flexibility index (Phi) is 7.15. The molecule has 3 rings (SSSR count). The van der Waals surface area contributed by atoms with Gasteiger partial charge in [0.05, 0.1) is 20.3 Å². The zero-order chi connectivity index (χ0) is 20.6. The van der Waals surface area contributed by atoms with E-state index in [9.17, 15) is 4.79 Å². The highest BCUT2D eigenvalue weighted by Gasteiger charge is 2.24. The van der Waals surface area contributed by atoms with Gasteiger partial charge in [-0.2, -0.15) is 5.10 Å². The van der Waals surface area contributed by atoms with Gasteiger partial charge in [-0.05, 0) is 42.0 Å². The first-order valence-electron chi connectivity index (χ1n) is 9.19. The van der Waals surface area contributed by atoms with Crippen molar-refractivity contribution in [3.05, 3.63) is 59.1 Å². The van der Waals surface area contributed by atoms with Crippen LogP contribution >= 0.6 is 11.6 Å². The van der Waals surface area contributed by atoms with E-state index in [1.54, 1.807) is 42.7 Å². The van der Waals surface area contributed by atoms with Gasteiger partial charge >= 0.3 is 6.03 Å². The monoisotopic (exact) mass is 417 g/mol. The van der Waals surface area contributed by atoms with E-state index >= 15 is 0 Å². The first-order chi connectivity index (χ1) is 14.1. The smallest absolute Gasteiger partial charge is 0.320 e. The fraction of sp³-hybridized carbons (Fsp3) is 0.300. The van der Waals surface area contributed by atoms with Crippen LogP contribution in [-0.2, 0) is 6.42 Å². The molecule has 0 bridgehead atoms. The number of hydrogen-bond donors (Lipinski definition) is 3. The number of halogens is 1. The highest BCUT2D eigenvalue weighted by Crippen LogP contribution is 2.16. The molecule has 29 heavy (non-hydrogen) atoms. The lowest BCUT2D eigenvalue weighted by molar-refractivity contribution is 0.153. The summed E-state index contributed by atoms with van der Waals surface area (Å²) in [4.78, 5) is 14.5. The van der Waals surface area contributed by atoms with Crippen LogP contribution in [0.4, 0.5) is 10.5 Å². The molecule has 0 aromatic heterocycles. The number of nitrogens with one attached hydrogen (secondary N) is 2. The van der Waals surface area contributed by atoms with Gasteiger partial charge in [-0.15, -0.1) is 0 Å². The van der Waals surface area contributed by atoms with Gasteiger partial charge < -0.3 is 25.4 Å². The van der Waals surface area contributed by atoms with E-state index in [0.717, 1.165) is 11.3 Å². The van der Waals surface area contributed by atoms with Crippen molar-refractivity contribution in [3.63, 3.8) is 0 Å². The van der Waals surface area contributed by atoms with Crippen molar-refractivity contribution in [1.82, 2.24) is 15.2 Å². The minimum absolute atomic E-state index is 0.0127. The summed E-state index contributed by atoms with van der Waals surface area (Å²) in [6, 6.07) is 14.3. The maximum absolute atomic E-state index is 12.6. The normalized spacial score (nSPS) is 14.0. The van der Waals surface area contributed by atoms with E-state index in [4.69, 9.17) is 21.4 Å². The Hall–Kier alpha value is -2.97. The number of amides is 2. The number of anilines is 1. The van der Waals surface area contributed by atoms with Crippen LogP contribution in [0, 0.1) is 0 Å². The Morgan fingerprint density at radius 2 is 1.97 bits per heavy atom. The van der Waals surface area contributed by atoms with Crippen LogP contribution in [0.25, 0.3) is 0 Å². The lowest BCUT2D eigenvalue weighted by atomic mass is 10.1. The van der Waals surface area contributed by atoms with E-state index in [2.05, 4.69) is 15.7 Å². The highest BCUT2D eigenvalue weighted by atomic mass is 35.5. The number of β-amino-alcohol motifs (C(OH)–C–C–N with tert-alkyl or cyclic N) is 1. The molecule has 1 aliphatic rings. The molecule has 2 amide bonds. The van der Waals surface area contributed by atoms with E-state index in [1.165, 1.54) is 0 Å². The quantitative estimate of drug-likeness (QED) is 0.614. The third-order valence-corrected chi connectivity index (χ3v) is 4.69. The molecule has 1 atom stereocenters. The van der Waals surface area contributed by atoms with E-state index in [1.807, 2.05) is 29.2 Å². The zero-order valence-electron chi connectivity index (χ0n) is 16.1. The molecule has 3 N–H and O–H groups in total. The van der Waals surface area contributed by atoms with Gasteiger partial charge in [0.2, 0.25) is 0 Å². The van der Waals surface area contributed by atoms with Gasteiger partial charge in [-0.3, -0.25) is 5.01 Å². The summed E-state index contributed by atoms with van der Waals surface area (Å²) in [5.74, 6) is 0.774. The Balaban J connectivity index is 1.68. The van der Waals surface area contributed by atoms with Crippen molar-refractivity contribution in [2.24, 2.45) is 5.10 Å². The molecule has 0 fully saturated rings. The second-order valence-electron chi connectivity index (χ2n) is 6.51. The Morgan fingerprint density at radius 1 is 1.24 bits per heavy atom. The van der Waals surface area contributed by atoms with Gasteiger partial charge in [-0.1, -0.05) is 23.7 Å². The second kappa shape index (κ2) is 9.99. The number of methoxy groups -OCH3 is 1. The number of nitrogens with zero attached hydrogens (tertiary/aromatic N) is 3. The van der Waals surface area contributed by atoms with Crippen molar-refractivity contribution in [3.8, 4) is 5.75 Å². The lowest BCUT2D eigenvalue weighted by Gasteiger charge is -2.29. The lowest BCUT2D eigenvalue weighted by Crippen LogP contribution is -2.50. The average molecular weight is 418 g/mol. The van der Waals surface area contributed by atoms with E-state index in [0.29, 0.717) is 30.3 Å². The minimum atomic E-state index is -0.333. The van der Waals surface area contributed by atoms with Crippen molar-refractivity contribution < 1.29 is 14.6 Å². The minimum Gasteiger partial charge on any atom is -0.497 e. The molecule has 0 radical (unpaired) electrons. The summed E-state index contributed by atoms with van der Waals surface area (Å²) in [6.45, 7) is 0.917. The number of rotatable bonds is 8. The molecule has 0 saturated heterocycles. The van der Waals surface area contributed by atoms with Crippen LogP contribution in [0.5, 0.6) is 5.75 Å². The van der Waals surface area contributed by atoms with Crippen LogP contribution < -0.4 is 15.4 Å². The van der Waals surface area contributed by atoms with Crippen LogP contribution in [0.3, 0.4) is 0 Å². The second-order valence-corrected chi connectivity index (χ2v) is 6.95. The summed E-state index contributed by atoms with van der Waals surface area (Å²) >= 11 is 5.89. The summed E-state index contributed by atoms with van der Waals surface area (Å²) in [5, 5.41) is 21.5. The Labute approximate surface area is 174 Å². The van der Waals surface area contributed by atoms with Gasteiger partial charge in [0.25, 0.3) is 0 Å². The number of urea groups is 1. The Bertz CT molecular complexity index is 829. The van der Waals surface area contributed by atoms with Crippen LogP contribution in [0.2, 0.25) is 5.02 Å². The molecule has 9 heteroatoms. The molecule has 1 heterocycles. The van der Waals surface area contributed by atoms with Crippen LogP contribution in [0.1, 0.15) is 5.56 Å².